The second kappa shape index (κ2) is 5.34. The van der Waals surface area contributed by atoms with E-state index >= 15 is 0 Å². The Morgan fingerprint density at radius 2 is 2.15 bits per heavy atom. The minimum Gasteiger partial charge on any atom is -0.364 e. The second-order valence-corrected chi connectivity index (χ2v) is 6.29. The zero-order chi connectivity index (χ0) is 14.3. The molecule has 2 N–H and O–H groups in total. The number of nitrogens with two attached hydrogens (primary N) is 1. The third-order valence-electron chi connectivity index (χ3n) is 4.74. The average Bonchev–Trinajstić information content (AvgIpc) is 2.84. The van der Waals surface area contributed by atoms with E-state index in [2.05, 4.69) is 16.7 Å². The van der Waals surface area contributed by atoms with Crippen molar-refractivity contribution in [2.24, 2.45) is 5.73 Å². The Morgan fingerprint density at radius 3 is 2.85 bits per heavy atom. The minimum absolute atomic E-state index is 0.123. The molecule has 3 unspecified atom stereocenters. The molecule has 0 radical (unpaired) electrons. The molecule has 2 aliphatic heterocycles. The van der Waals surface area contributed by atoms with E-state index in [1.165, 1.54) is 19.4 Å². The maximum atomic E-state index is 14.4. The van der Waals surface area contributed by atoms with Crippen molar-refractivity contribution in [3.63, 3.8) is 0 Å². The smallest absolute Gasteiger partial charge is 0.146 e. The molecule has 1 aromatic rings. The van der Waals surface area contributed by atoms with Crippen LogP contribution in [-0.2, 0) is 0 Å². The Hall–Kier alpha value is -1.13. The highest BCUT2D eigenvalue weighted by Crippen LogP contribution is 2.31. The van der Waals surface area contributed by atoms with Crippen LogP contribution in [-0.4, -0.2) is 36.6 Å². The summed E-state index contributed by atoms with van der Waals surface area (Å²) in [6.07, 6.45) is 2.51. The van der Waals surface area contributed by atoms with Gasteiger partial charge in [0.2, 0.25) is 0 Å². The standard InChI is InChI=1S/C16H24FN3/c1-11-9-19-7-3-4-14(19)10-20(11)16-6-5-13(12(2)18)8-15(16)17/h5-6,8,11-12,14H,3-4,7,9-10,18H2,1-2H3. The van der Waals surface area contributed by atoms with Gasteiger partial charge in [0.1, 0.15) is 5.82 Å². The number of benzene rings is 1. The first-order valence-electron chi connectivity index (χ1n) is 7.62. The molecule has 4 heteroatoms. The molecule has 2 heterocycles. The van der Waals surface area contributed by atoms with Crippen LogP contribution < -0.4 is 10.6 Å². The molecule has 2 aliphatic rings. The SMILES string of the molecule is CC(N)c1ccc(N2CC3CCCN3CC2C)c(F)c1. The number of fused-ring (bicyclic) bond motifs is 1. The monoisotopic (exact) mass is 277 g/mol. The number of anilines is 1. The fourth-order valence-corrected chi connectivity index (χ4v) is 3.56. The van der Waals surface area contributed by atoms with Crippen LogP contribution in [0.2, 0.25) is 0 Å². The Labute approximate surface area is 120 Å². The maximum absolute atomic E-state index is 14.4. The lowest BCUT2D eigenvalue weighted by Gasteiger charge is -2.43. The highest BCUT2D eigenvalue weighted by molar-refractivity contribution is 5.51. The van der Waals surface area contributed by atoms with Gasteiger partial charge in [-0.3, -0.25) is 4.90 Å². The Balaban J connectivity index is 1.84. The molecular weight excluding hydrogens is 253 g/mol. The number of nitrogens with zero attached hydrogens (tertiary/aromatic N) is 2. The molecule has 0 saturated carbocycles. The lowest BCUT2D eigenvalue weighted by molar-refractivity contribution is 0.202. The summed E-state index contributed by atoms with van der Waals surface area (Å²) in [7, 11) is 0. The molecule has 0 aliphatic carbocycles. The van der Waals surface area contributed by atoms with Crippen LogP contribution in [0.15, 0.2) is 18.2 Å². The van der Waals surface area contributed by atoms with Crippen molar-refractivity contribution in [2.75, 3.05) is 24.5 Å². The molecular formula is C16H24FN3. The van der Waals surface area contributed by atoms with Gasteiger partial charge in [0.15, 0.2) is 0 Å². The molecule has 3 nitrogen and oxygen atoms in total. The van der Waals surface area contributed by atoms with Crippen molar-refractivity contribution in [3.8, 4) is 0 Å². The van der Waals surface area contributed by atoms with Crippen LogP contribution in [0.4, 0.5) is 10.1 Å². The van der Waals surface area contributed by atoms with Gasteiger partial charge in [0.25, 0.3) is 0 Å². The van der Waals surface area contributed by atoms with Gasteiger partial charge in [0, 0.05) is 31.2 Å². The number of hydrogen-bond acceptors (Lipinski definition) is 3. The lowest BCUT2D eigenvalue weighted by atomic mass is 10.0. The van der Waals surface area contributed by atoms with Gasteiger partial charge < -0.3 is 10.6 Å². The van der Waals surface area contributed by atoms with Crippen LogP contribution in [0.25, 0.3) is 0 Å². The minimum atomic E-state index is -0.141. The first kappa shape index (κ1) is 13.8. The molecule has 0 amide bonds. The zero-order valence-electron chi connectivity index (χ0n) is 12.3. The van der Waals surface area contributed by atoms with E-state index in [0.717, 1.165) is 24.3 Å². The summed E-state index contributed by atoms with van der Waals surface area (Å²) in [6.45, 7) is 7.26. The fraction of sp³-hybridized carbons (Fsp3) is 0.625. The highest BCUT2D eigenvalue weighted by Gasteiger charge is 2.35. The predicted molar refractivity (Wildman–Crippen MR) is 80.4 cm³/mol. The third kappa shape index (κ3) is 2.42. The predicted octanol–water partition coefficient (Wildman–Crippen LogP) is 2.52. The van der Waals surface area contributed by atoms with Gasteiger partial charge in [0.05, 0.1) is 5.69 Å². The van der Waals surface area contributed by atoms with E-state index in [-0.39, 0.29) is 11.9 Å². The molecule has 0 aromatic heterocycles. The summed E-state index contributed by atoms with van der Waals surface area (Å²) < 4.78 is 14.4. The number of rotatable bonds is 2. The van der Waals surface area contributed by atoms with E-state index in [1.54, 1.807) is 6.07 Å². The van der Waals surface area contributed by atoms with Gasteiger partial charge in [-0.15, -0.1) is 0 Å². The van der Waals surface area contributed by atoms with E-state index in [9.17, 15) is 4.39 Å². The summed E-state index contributed by atoms with van der Waals surface area (Å²) in [6, 6.07) is 6.28. The molecule has 2 fully saturated rings. The third-order valence-corrected chi connectivity index (χ3v) is 4.74. The van der Waals surface area contributed by atoms with Gasteiger partial charge in [-0.1, -0.05) is 6.07 Å². The van der Waals surface area contributed by atoms with E-state index < -0.39 is 0 Å². The van der Waals surface area contributed by atoms with Crippen LogP contribution in [0.1, 0.15) is 38.3 Å². The molecule has 2 saturated heterocycles. The van der Waals surface area contributed by atoms with Crippen molar-refractivity contribution in [2.45, 2.75) is 44.8 Å². The molecule has 1 aromatic carbocycles. The molecule has 3 rings (SSSR count). The summed E-state index contributed by atoms with van der Waals surface area (Å²) in [5, 5.41) is 0. The largest absolute Gasteiger partial charge is 0.364 e. The van der Waals surface area contributed by atoms with Crippen molar-refractivity contribution in [1.29, 1.82) is 0 Å². The van der Waals surface area contributed by atoms with Crippen molar-refractivity contribution >= 4 is 5.69 Å². The lowest BCUT2D eigenvalue weighted by Crippen LogP contribution is -2.55. The van der Waals surface area contributed by atoms with Crippen molar-refractivity contribution < 1.29 is 4.39 Å². The number of hydrogen-bond donors (Lipinski definition) is 1. The first-order valence-corrected chi connectivity index (χ1v) is 7.62. The van der Waals surface area contributed by atoms with Crippen LogP contribution >= 0.6 is 0 Å². The first-order chi connectivity index (χ1) is 9.56. The molecule has 110 valence electrons. The zero-order valence-corrected chi connectivity index (χ0v) is 12.3. The molecule has 0 bridgehead atoms. The van der Waals surface area contributed by atoms with Crippen LogP contribution in [0.3, 0.4) is 0 Å². The normalized spacial score (nSPS) is 28.5. The summed E-state index contributed by atoms with van der Waals surface area (Å²) in [5.41, 5.74) is 7.41. The topological polar surface area (TPSA) is 32.5 Å². The van der Waals surface area contributed by atoms with Gasteiger partial charge in [-0.2, -0.15) is 0 Å². The average molecular weight is 277 g/mol. The van der Waals surface area contributed by atoms with Crippen molar-refractivity contribution in [1.82, 2.24) is 4.90 Å². The Bertz CT molecular complexity index is 489. The van der Waals surface area contributed by atoms with Gasteiger partial charge in [-0.25, -0.2) is 4.39 Å². The Morgan fingerprint density at radius 1 is 1.35 bits per heavy atom. The number of halogens is 1. The maximum Gasteiger partial charge on any atom is 0.146 e. The summed E-state index contributed by atoms with van der Waals surface area (Å²) >= 11 is 0. The molecule has 20 heavy (non-hydrogen) atoms. The van der Waals surface area contributed by atoms with E-state index in [0.29, 0.717) is 12.1 Å². The van der Waals surface area contributed by atoms with Crippen LogP contribution in [0.5, 0.6) is 0 Å². The quantitative estimate of drug-likeness (QED) is 0.901. The van der Waals surface area contributed by atoms with Gasteiger partial charge >= 0.3 is 0 Å². The van der Waals surface area contributed by atoms with E-state index in [1.807, 2.05) is 19.1 Å². The molecule has 3 atom stereocenters. The van der Waals surface area contributed by atoms with Crippen LogP contribution in [0, 0.1) is 5.82 Å². The number of piperazine rings is 1. The molecule has 0 spiro atoms. The highest BCUT2D eigenvalue weighted by atomic mass is 19.1. The van der Waals surface area contributed by atoms with Crippen molar-refractivity contribution in [3.05, 3.63) is 29.6 Å². The Kier molecular flexibility index (Phi) is 3.69. The fourth-order valence-electron chi connectivity index (χ4n) is 3.56. The summed E-state index contributed by atoms with van der Waals surface area (Å²) in [4.78, 5) is 4.78. The second-order valence-electron chi connectivity index (χ2n) is 6.29. The summed E-state index contributed by atoms with van der Waals surface area (Å²) in [5.74, 6) is -0.141. The van der Waals surface area contributed by atoms with Gasteiger partial charge in [-0.05, 0) is 50.9 Å². The van der Waals surface area contributed by atoms with E-state index in [4.69, 9.17) is 5.73 Å².